The molecule has 0 bridgehead atoms. The van der Waals surface area contributed by atoms with Gasteiger partial charge in [0, 0.05) is 31.6 Å². The number of rotatable bonds is 1. The van der Waals surface area contributed by atoms with Gasteiger partial charge in [-0.2, -0.15) is 0 Å². The van der Waals surface area contributed by atoms with Crippen LogP contribution in [0.5, 0.6) is 0 Å². The van der Waals surface area contributed by atoms with Crippen LogP contribution >= 0.6 is 0 Å². The molecule has 2 aliphatic rings. The fourth-order valence-electron chi connectivity index (χ4n) is 1.49. The van der Waals surface area contributed by atoms with Gasteiger partial charge in [-0.15, -0.1) is 0 Å². The summed E-state index contributed by atoms with van der Waals surface area (Å²) in [4.78, 5) is 2.08. The molecule has 1 saturated carbocycles. The Morgan fingerprint density at radius 2 is 2.00 bits per heavy atom. The molecule has 1 heterocycles. The van der Waals surface area contributed by atoms with Gasteiger partial charge in [-0.3, -0.25) is 0 Å². The Morgan fingerprint density at radius 3 is 2.33 bits per heavy atom. The lowest BCUT2D eigenvalue weighted by Crippen LogP contribution is -2.53. The van der Waals surface area contributed by atoms with Gasteiger partial charge >= 0.3 is 0 Å². The maximum absolute atomic E-state index is 5.96. The highest BCUT2D eigenvalue weighted by Gasteiger charge is 2.49. The first kappa shape index (κ1) is 5.69. The van der Waals surface area contributed by atoms with Crippen molar-refractivity contribution in [2.24, 2.45) is 11.7 Å². The summed E-state index contributed by atoms with van der Waals surface area (Å²) in [6, 6.07) is 0. The first-order chi connectivity index (χ1) is 4.21. The molecule has 0 aromatic rings. The van der Waals surface area contributed by atoms with Gasteiger partial charge < -0.3 is 10.6 Å². The van der Waals surface area contributed by atoms with Crippen molar-refractivity contribution in [2.45, 2.75) is 18.4 Å². The summed E-state index contributed by atoms with van der Waals surface area (Å²) in [6.07, 6.45) is 2.48. The lowest BCUT2D eigenvalue weighted by atomic mass is 9.91. The molecule has 9 heavy (non-hydrogen) atoms. The first-order valence-electron chi connectivity index (χ1n) is 3.55. The predicted molar refractivity (Wildman–Crippen MR) is 36.6 cm³/mol. The molecular formula is C7H13N2. The van der Waals surface area contributed by atoms with Crippen LogP contribution in [-0.4, -0.2) is 23.5 Å². The molecule has 2 N–H and O–H groups in total. The van der Waals surface area contributed by atoms with Gasteiger partial charge in [-0.25, -0.2) is 0 Å². The highest BCUT2D eigenvalue weighted by Crippen LogP contribution is 2.43. The maximum Gasteiger partial charge on any atom is 0.0208 e. The number of nitrogens with two attached hydrogens (primary N) is 1. The minimum Gasteiger partial charge on any atom is -0.325 e. The highest BCUT2D eigenvalue weighted by molar-refractivity contribution is 5.08. The summed E-state index contributed by atoms with van der Waals surface area (Å²) >= 11 is 0. The van der Waals surface area contributed by atoms with E-state index in [4.69, 9.17) is 5.73 Å². The summed E-state index contributed by atoms with van der Waals surface area (Å²) in [7, 11) is 3.81. The second-order valence-corrected chi connectivity index (χ2v) is 3.47. The molecule has 0 aromatic heterocycles. The van der Waals surface area contributed by atoms with Crippen molar-refractivity contribution >= 4 is 0 Å². The van der Waals surface area contributed by atoms with Gasteiger partial charge in [-0.05, 0) is 12.8 Å². The third kappa shape index (κ3) is 0.775. The van der Waals surface area contributed by atoms with Crippen molar-refractivity contribution in [1.82, 2.24) is 4.90 Å². The van der Waals surface area contributed by atoms with E-state index in [9.17, 15) is 0 Å². The van der Waals surface area contributed by atoms with E-state index in [1.54, 1.807) is 0 Å². The molecule has 2 fully saturated rings. The smallest absolute Gasteiger partial charge is 0.0208 e. The molecule has 2 nitrogen and oxygen atoms in total. The van der Waals surface area contributed by atoms with Gasteiger partial charge in [0.1, 0.15) is 0 Å². The molecule has 51 valence electrons. The Labute approximate surface area is 56.0 Å². The van der Waals surface area contributed by atoms with Crippen molar-refractivity contribution < 1.29 is 0 Å². The van der Waals surface area contributed by atoms with E-state index in [2.05, 4.69) is 11.9 Å². The number of nitrogens with zero attached hydrogens (tertiary/aromatic N) is 1. The molecule has 1 saturated heterocycles. The zero-order valence-electron chi connectivity index (χ0n) is 5.64. The average molecular weight is 125 g/mol. The van der Waals surface area contributed by atoms with E-state index >= 15 is 0 Å². The molecule has 1 radical (unpaired) electrons. The molecule has 2 heteroatoms. The van der Waals surface area contributed by atoms with E-state index in [-0.39, 0.29) is 5.54 Å². The molecule has 1 aliphatic heterocycles. The maximum atomic E-state index is 5.96. The van der Waals surface area contributed by atoms with Crippen LogP contribution in [0, 0.1) is 13.0 Å². The standard InChI is InChI=1S/C7H13N2/c1-9-4-6(5-9)7(8)2-3-7/h6H,1-5,8H2. The lowest BCUT2D eigenvalue weighted by molar-refractivity contribution is 0.123. The Bertz CT molecular complexity index is 123. The summed E-state index contributed by atoms with van der Waals surface area (Å²) in [5.41, 5.74) is 6.20. The second-order valence-electron chi connectivity index (χ2n) is 3.47. The normalized spacial score (nSPS) is 34.0. The molecule has 2 rings (SSSR count). The van der Waals surface area contributed by atoms with E-state index in [1.807, 2.05) is 0 Å². The molecule has 0 aromatic carbocycles. The van der Waals surface area contributed by atoms with Crippen molar-refractivity contribution in [1.29, 1.82) is 0 Å². The van der Waals surface area contributed by atoms with Crippen molar-refractivity contribution in [3.63, 3.8) is 0 Å². The van der Waals surface area contributed by atoms with Crippen LogP contribution in [0.2, 0.25) is 0 Å². The number of hydrogen-bond acceptors (Lipinski definition) is 2. The minimum absolute atomic E-state index is 0.244. The third-order valence-corrected chi connectivity index (χ3v) is 2.60. The van der Waals surface area contributed by atoms with Crippen molar-refractivity contribution in [3.05, 3.63) is 7.05 Å². The minimum atomic E-state index is 0.244. The second kappa shape index (κ2) is 1.50. The summed E-state index contributed by atoms with van der Waals surface area (Å²) in [6.45, 7) is 2.24. The molecular weight excluding hydrogens is 112 g/mol. The van der Waals surface area contributed by atoms with Crippen LogP contribution < -0.4 is 5.73 Å². The van der Waals surface area contributed by atoms with Crippen LogP contribution in [-0.2, 0) is 0 Å². The van der Waals surface area contributed by atoms with Crippen LogP contribution in [0.4, 0.5) is 0 Å². The summed E-state index contributed by atoms with van der Waals surface area (Å²) < 4.78 is 0. The highest BCUT2D eigenvalue weighted by atomic mass is 15.2. The Hall–Kier alpha value is -0.0800. The zero-order chi connectivity index (χ0) is 6.48. The molecule has 0 spiro atoms. The number of likely N-dealkylation sites (tertiary alicyclic amines) is 1. The van der Waals surface area contributed by atoms with Crippen LogP contribution in [0.15, 0.2) is 0 Å². The first-order valence-corrected chi connectivity index (χ1v) is 3.55. The van der Waals surface area contributed by atoms with Gasteiger partial charge in [0.2, 0.25) is 0 Å². The Morgan fingerprint density at radius 1 is 1.44 bits per heavy atom. The van der Waals surface area contributed by atoms with Crippen molar-refractivity contribution in [3.8, 4) is 0 Å². The molecule has 0 atom stereocenters. The van der Waals surface area contributed by atoms with E-state index in [0.717, 1.165) is 19.0 Å². The molecule has 0 unspecified atom stereocenters. The predicted octanol–water partition coefficient (Wildman–Crippen LogP) is 0.201. The zero-order valence-corrected chi connectivity index (χ0v) is 5.64. The lowest BCUT2D eigenvalue weighted by Gasteiger charge is -2.40. The number of hydrogen-bond donors (Lipinski definition) is 1. The molecule has 0 amide bonds. The van der Waals surface area contributed by atoms with E-state index in [0.29, 0.717) is 0 Å². The third-order valence-electron chi connectivity index (χ3n) is 2.60. The van der Waals surface area contributed by atoms with Gasteiger partial charge in [-0.1, -0.05) is 0 Å². The quantitative estimate of drug-likeness (QED) is 0.542. The fourth-order valence-corrected chi connectivity index (χ4v) is 1.49. The summed E-state index contributed by atoms with van der Waals surface area (Å²) in [5, 5.41) is 0. The van der Waals surface area contributed by atoms with Crippen LogP contribution in [0.3, 0.4) is 0 Å². The van der Waals surface area contributed by atoms with E-state index in [1.165, 1.54) is 12.8 Å². The van der Waals surface area contributed by atoms with Crippen molar-refractivity contribution in [2.75, 3.05) is 13.1 Å². The largest absolute Gasteiger partial charge is 0.325 e. The van der Waals surface area contributed by atoms with Gasteiger partial charge in [0.15, 0.2) is 0 Å². The molecule has 1 aliphatic carbocycles. The average Bonchev–Trinajstić information content (AvgIpc) is 2.41. The monoisotopic (exact) mass is 125 g/mol. The topological polar surface area (TPSA) is 29.3 Å². The van der Waals surface area contributed by atoms with Gasteiger partial charge in [0.25, 0.3) is 0 Å². The fraction of sp³-hybridized carbons (Fsp3) is 0.857. The van der Waals surface area contributed by atoms with Crippen LogP contribution in [0.25, 0.3) is 0 Å². The van der Waals surface area contributed by atoms with E-state index < -0.39 is 0 Å². The van der Waals surface area contributed by atoms with Gasteiger partial charge in [0.05, 0.1) is 0 Å². The SMILES string of the molecule is [CH2]N1CC(C2(N)CC2)C1. The Balaban J connectivity index is 1.89. The summed E-state index contributed by atoms with van der Waals surface area (Å²) in [5.74, 6) is 0.759. The Kier molecular flexibility index (Phi) is 0.945. The van der Waals surface area contributed by atoms with Crippen LogP contribution in [0.1, 0.15) is 12.8 Å².